The van der Waals surface area contributed by atoms with E-state index in [2.05, 4.69) is 4.98 Å². The maximum atomic E-state index is 9.35. The van der Waals surface area contributed by atoms with Crippen molar-refractivity contribution in [3.63, 3.8) is 0 Å². The summed E-state index contributed by atoms with van der Waals surface area (Å²) >= 11 is 0. The highest BCUT2D eigenvalue weighted by Crippen LogP contribution is 2.11. The number of aryl methyl sites for hydroxylation is 1. The van der Waals surface area contributed by atoms with Crippen LogP contribution >= 0.6 is 0 Å². The van der Waals surface area contributed by atoms with Crippen LogP contribution in [-0.4, -0.2) is 16.2 Å². The number of rotatable bonds is 4. The number of anilines is 1. The summed E-state index contributed by atoms with van der Waals surface area (Å²) in [5.74, 6) is 0.575. The molecule has 3 nitrogen and oxygen atoms in total. The van der Waals surface area contributed by atoms with E-state index in [0.29, 0.717) is 5.82 Å². The van der Waals surface area contributed by atoms with Crippen molar-refractivity contribution in [3.8, 4) is 0 Å². The second-order valence-electron chi connectivity index (χ2n) is 3.15. The second kappa shape index (κ2) is 4.82. The molecular formula is C10H16N2O. The Labute approximate surface area is 78.6 Å². The topological polar surface area (TPSA) is 59.1 Å². The highest BCUT2D eigenvalue weighted by molar-refractivity contribution is 5.38. The van der Waals surface area contributed by atoms with Gasteiger partial charge < -0.3 is 10.8 Å². The van der Waals surface area contributed by atoms with Gasteiger partial charge in [-0.15, -0.1) is 0 Å². The minimum absolute atomic E-state index is 0.223. The van der Waals surface area contributed by atoms with Gasteiger partial charge in [-0.3, -0.25) is 0 Å². The predicted molar refractivity (Wildman–Crippen MR) is 53.3 cm³/mol. The van der Waals surface area contributed by atoms with Gasteiger partial charge in [-0.1, -0.05) is 13.0 Å². The van der Waals surface area contributed by atoms with Crippen LogP contribution in [0.2, 0.25) is 0 Å². The Kier molecular flexibility index (Phi) is 3.71. The molecule has 1 aromatic rings. The van der Waals surface area contributed by atoms with Crippen molar-refractivity contribution in [2.45, 2.75) is 32.3 Å². The quantitative estimate of drug-likeness (QED) is 0.735. The van der Waals surface area contributed by atoms with Crippen LogP contribution in [0.25, 0.3) is 0 Å². The second-order valence-corrected chi connectivity index (χ2v) is 3.15. The number of aliphatic hydroxyl groups excluding tert-OH is 1. The van der Waals surface area contributed by atoms with Gasteiger partial charge in [0.15, 0.2) is 0 Å². The van der Waals surface area contributed by atoms with Crippen LogP contribution in [0.3, 0.4) is 0 Å². The van der Waals surface area contributed by atoms with E-state index in [1.54, 1.807) is 6.20 Å². The summed E-state index contributed by atoms with van der Waals surface area (Å²) in [6, 6.07) is 3.81. The Balaban J connectivity index is 2.50. The molecule has 1 unspecified atom stereocenters. The maximum Gasteiger partial charge on any atom is 0.126 e. The summed E-state index contributed by atoms with van der Waals surface area (Å²) in [4.78, 5) is 3.98. The zero-order valence-corrected chi connectivity index (χ0v) is 7.90. The molecule has 1 aromatic heterocycles. The lowest BCUT2D eigenvalue weighted by Crippen LogP contribution is -2.07. The first kappa shape index (κ1) is 9.99. The van der Waals surface area contributed by atoms with Crippen LogP contribution in [-0.2, 0) is 6.42 Å². The molecule has 0 saturated heterocycles. The molecule has 0 fully saturated rings. The predicted octanol–water partition coefficient (Wildman–Crippen LogP) is 1.37. The van der Waals surface area contributed by atoms with E-state index >= 15 is 0 Å². The first-order valence-electron chi connectivity index (χ1n) is 4.61. The van der Waals surface area contributed by atoms with Gasteiger partial charge in [0.05, 0.1) is 6.10 Å². The van der Waals surface area contributed by atoms with Gasteiger partial charge in [-0.05, 0) is 30.9 Å². The number of nitrogen functional groups attached to an aromatic ring is 1. The molecule has 3 N–H and O–H groups in total. The lowest BCUT2D eigenvalue weighted by molar-refractivity contribution is 0.160. The molecular weight excluding hydrogens is 164 g/mol. The summed E-state index contributed by atoms with van der Waals surface area (Å²) in [6.45, 7) is 1.97. The average molecular weight is 180 g/mol. The fourth-order valence-electron chi connectivity index (χ4n) is 1.19. The number of pyridine rings is 1. The molecule has 0 aliphatic carbocycles. The summed E-state index contributed by atoms with van der Waals surface area (Å²) in [7, 11) is 0. The van der Waals surface area contributed by atoms with E-state index < -0.39 is 0 Å². The number of aliphatic hydroxyl groups is 1. The molecule has 1 heterocycles. The van der Waals surface area contributed by atoms with Gasteiger partial charge in [0.1, 0.15) is 5.82 Å². The molecule has 1 rings (SSSR count). The Hall–Kier alpha value is -1.09. The molecule has 72 valence electrons. The Morgan fingerprint density at radius 1 is 1.62 bits per heavy atom. The third kappa shape index (κ3) is 3.03. The molecule has 0 aliphatic rings. The zero-order valence-electron chi connectivity index (χ0n) is 7.90. The fourth-order valence-corrected chi connectivity index (χ4v) is 1.19. The van der Waals surface area contributed by atoms with Crippen LogP contribution in [0.5, 0.6) is 0 Å². The van der Waals surface area contributed by atoms with Crippen molar-refractivity contribution in [3.05, 3.63) is 23.9 Å². The van der Waals surface area contributed by atoms with E-state index in [9.17, 15) is 5.11 Å². The Morgan fingerprint density at radius 3 is 3.00 bits per heavy atom. The fraction of sp³-hybridized carbons (Fsp3) is 0.500. The molecule has 0 bridgehead atoms. The normalized spacial score (nSPS) is 12.8. The third-order valence-corrected chi connectivity index (χ3v) is 2.14. The van der Waals surface area contributed by atoms with Crippen molar-refractivity contribution < 1.29 is 5.11 Å². The van der Waals surface area contributed by atoms with Gasteiger partial charge in [-0.25, -0.2) is 4.98 Å². The van der Waals surface area contributed by atoms with Crippen LogP contribution in [0.15, 0.2) is 18.3 Å². The standard InChI is InChI=1S/C10H16N2O/c1-2-9(13)6-5-8-4-3-7-12-10(8)11/h3-4,7,9,13H,2,5-6H2,1H3,(H2,11,12). The summed E-state index contributed by atoms with van der Waals surface area (Å²) in [6.07, 6.45) is 3.80. The smallest absolute Gasteiger partial charge is 0.126 e. The molecule has 0 aliphatic heterocycles. The van der Waals surface area contributed by atoms with Crippen molar-refractivity contribution in [1.82, 2.24) is 4.98 Å². The monoisotopic (exact) mass is 180 g/mol. The van der Waals surface area contributed by atoms with Gasteiger partial charge >= 0.3 is 0 Å². The lowest BCUT2D eigenvalue weighted by Gasteiger charge is -2.08. The number of nitrogens with zero attached hydrogens (tertiary/aromatic N) is 1. The average Bonchev–Trinajstić information content (AvgIpc) is 2.16. The largest absolute Gasteiger partial charge is 0.393 e. The van der Waals surface area contributed by atoms with Gasteiger partial charge in [0.2, 0.25) is 0 Å². The van der Waals surface area contributed by atoms with E-state index in [0.717, 1.165) is 24.8 Å². The molecule has 0 amide bonds. The van der Waals surface area contributed by atoms with E-state index in [-0.39, 0.29) is 6.10 Å². The van der Waals surface area contributed by atoms with Crippen LogP contribution in [0, 0.1) is 0 Å². The highest BCUT2D eigenvalue weighted by atomic mass is 16.3. The SMILES string of the molecule is CCC(O)CCc1cccnc1N. The van der Waals surface area contributed by atoms with Crippen LogP contribution < -0.4 is 5.73 Å². The van der Waals surface area contributed by atoms with Crippen molar-refractivity contribution >= 4 is 5.82 Å². The lowest BCUT2D eigenvalue weighted by atomic mass is 10.1. The molecule has 0 spiro atoms. The molecule has 1 atom stereocenters. The summed E-state index contributed by atoms with van der Waals surface area (Å²) < 4.78 is 0. The van der Waals surface area contributed by atoms with Crippen molar-refractivity contribution in [2.24, 2.45) is 0 Å². The van der Waals surface area contributed by atoms with Crippen LogP contribution in [0.1, 0.15) is 25.3 Å². The van der Waals surface area contributed by atoms with E-state index in [1.807, 2.05) is 19.1 Å². The zero-order chi connectivity index (χ0) is 9.68. The first-order valence-corrected chi connectivity index (χ1v) is 4.61. The van der Waals surface area contributed by atoms with Gasteiger partial charge in [0, 0.05) is 6.20 Å². The minimum atomic E-state index is -0.223. The maximum absolute atomic E-state index is 9.35. The number of hydrogen-bond donors (Lipinski definition) is 2. The molecule has 3 heteroatoms. The first-order chi connectivity index (χ1) is 6.24. The summed E-state index contributed by atoms with van der Waals surface area (Å²) in [5, 5.41) is 9.35. The highest BCUT2D eigenvalue weighted by Gasteiger charge is 2.03. The van der Waals surface area contributed by atoms with Crippen molar-refractivity contribution in [1.29, 1.82) is 0 Å². The molecule has 13 heavy (non-hydrogen) atoms. The van der Waals surface area contributed by atoms with E-state index in [4.69, 9.17) is 5.73 Å². The number of aromatic nitrogens is 1. The van der Waals surface area contributed by atoms with Gasteiger partial charge in [-0.2, -0.15) is 0 Å². The van der Waals surface area contributed by atoms with E-state index in [1.165, 1.54) is 0 Å². The molecule has 0 aromatic carbocycles. The van der Waals surface area contributed by atoms with Crippen LogP contribution in [0.4, 0.5) is 5.82 Å². The van der Waals surface area contributed by atoms with Crippen molar-refractivity contribution in [2.75, 3.05) is 5.73 Å². The van der Waals surface area contributed by atoms with Gasteiger partial charge in [0.25, 0.3) is 0 Å². The molecule has 0 saturated carbocycles. The summed E-state index contributed by atoms with van der Waals surface area (Å²) in [5.41, 5.74) is 6.68. The number of nitrogens with two attached hydrogens (primary N) is 1. The minimum Gasteiger partial charge on any atom is -0.393 e. The third-order valence-electron chi connectivity index (χ3n) is 2.14. The molecule has 0 radical (unpaired) electrons. The Bertz CT molecular complexity index is 263. The Morgan fingerprint density at radius 2 is 2.38 bits per heavy atom. The number of hydrogen-bond acceptors (Lipinski definition) is 3.